The highest BCUT2D eigenvalue weighted by Gasteiger charge is 2.12. The first kappa shape index (κ1) is 15.8. The van der Waals surface area contributed by atoms with Crippen molar-refractivity contribution in [2.75, 3.05) is 7.11 Å². The van der Waals surface area contributed by atoms with Gasteiger partial charge in [-0.25, -0.2) is 0 Å². The van der Waals surface area contributed by atoms with E-state index in [1.54, 1.807) is 19.2 Å². The minimum Gasteiger partial charge on any atom is -0.497 e. The number of carbonyl (C=O) groups is 1. The predicted octanol–water partition coefficient (Wildman–Crippen LogP) is 3.04. The van der Waals surface area contributed by atoms with Gasteiger partial charge in [-0.1, -0.05) is 18.2 Å². The number of hydrogen-bond donors (Lipinski definition) is 1. The van der Waals surface area contributed by atoms with E-state index in [2.05, 4.69) is 5.32 Å². The number of amides is 1. The Morgan fingerprint density at radius 1 is 1.12 bits per heavy atom. The molecular weight excluding hydrogens is 306 g/mol. The molecule has 0 unspecified atom stereocenters. The van der Waals surface area contributed by atoms with Gasteiger partial charge in [-0.15, -0.1) is 0 Å². The minimum atomic E-state index is -0.425. The Morgan fingerprint density at radius 3 is 2.58 bits per heavy atom. The van der Waals surface area contributed by atoms with Crippen LogP contribution >= 0.6 is 0 Å². The van der Waals surface area contributed by atoms with Crippen LogP contribution in [0.25, 0.3) is 11.0 Å². The molecule has 3 rings (SSSR count). The summed E-state index contributed by atoms with van der Waals surface area (Å²) >= 11 is 0. The van der Waals surface area contributed by atoms with E-state index >= 15 is 0 Å². The molecule has 0 radical (unpaired) electrons. The van der Waals surface area contributed by atoms with E-state index in [-0.39, 0.29) is 11.2 Å². The summed E-state index contributed by atoms with van der Waals surface area (Å²) in [6, 6.07) is 13.9. The van der Waals surface area contributed by atoms with Crippen LogP contribution in [0.4, 0.5) is 0 Å². The minimum absolute atomic E-state index is 0.00612. The van der Waals surface area contributed by atoms with Gasteiger partial charge in [0, 0.05) is 12.6 Å². The number of methoxy groups -OCH3 is 1. The molecule has 1 N–H and O–H groups in total. The van der Waals surface area contributed by atoms with E-state index in [0.29, 0.717) is 17.5 Å². The summed E-state index contributed by atoms with van der Waals surface area (Å²) in [6.45, 7) is 2.23. The molecule has 1 heterocycles. The standard InChI is InChI=1S/C19H17NO4/c1-12-3-8-15-16(21)10-18(24-17(15)9-12)19(22)20-11-13-4-6-14(23-2)7-5-13/h3-10H,11H2,1-2H3,(H,20,22). The van der Waals surface area contributed by atoms with Crippen LogP contribution in [0.15, 0.2) is 57.7 Å². The highest BCUT2D eigenvalue weighted by molar-refractivity contribution is 5.93. The van der Waals surface area contributed by atoms with Crippen molar-refractivity contribution in [3.05, 3.63) is 75.6 Å². The second-order valence-electron chi connectivity index (χ2n) is 5.51. The molecule has 0 saturated carbocycles. The molecule has 0 atom stereocenters. The highest BCUT2D eigenvalue weighted by atomic mass is 16.5. The second kappa shape index (κ2) is 6.58. The van der Waals surface area contributed by atoms with Crippen LogP contribution in [-0.4, -0.2) is 13.0 Å². The van der Waals surface area contributed by atoms with Gasteiger partial charge in [0.05, 0.1) is 12.5 Å². The summed E-state index contributed by atoms with van der Waals surface area (Å²) in [5.74, 6) is 0.332. The number of fused-ring (bicyclic) bond motifs is 1. The molecule has 0 aliphatic rings. The normalized spacial score (nSPS) is 10.6. The summed E-state index contributed by atoms with van der Waals surface area (Å²) in [5.41, 5.74) is 2.06. The molecule has 2 aromatic carbocycles. The Balaban J connectivity index is 1.79. The molecule has 0 spiro atoms. The number of nitrogens with one attached hydrogen (secondary N) is 1. The van der Waals surface area contributed by atoms with Crippen molar-refractivity contribution in [2.45, 2.75) is 13.5 Å². The number of rotatable bonds is 4. The van der Waals surface area contributed by atoms with Crippen LogP contribution < -0.4 is 15.5 Å². The van der Waals surface area contributed by atoms with Crippen LogP contribution in [-0.2, 0) is 6.54 Å². The van der Waals surface area contributed by atoms with Gasteiger partial charge in [0.2, 0.25) is 0 Å². The Kier molecular flexibility index (Phi) is 4.33. The zero-order chi connectivity index (χ0) is 17.1. The smallest absolute Gasteiger partial charge is 0.287 e. The Hall–Kier alpha value is -3.08. The van der Waals surface area contributed by atoms with Gasteiger partial charge in [-0.05, 0) is 42.3 Å². The summed E-state index contributed by atoms with van der Waals surface area (Å²) < 4.78 is 10.7. The van der Waals surface area contributed by atoms with Crippen LogP contribution in [0.1, 0.15) is 21.7 Å². The maximum atomic E-state index is 12.3. The lowest BCUT2D eigenvalue weighted by Gasteiger charge is -2.07. The second-order valence-corrected chi connectivity index (χ2v) is 5.51. The fourth-order valence-electron chi connectivity index (χ4n) is 2.39. The van der Waals surface area contributed by atoms with E-state index in [9.17, 15) is 9.59 Å². The number of aryl methyl sites for hydroxylation is 1. The number of hydrogen-bond acceptors (Lipinski definition) is 4. The Bertz CT molecular complexity index is 942. The van der Waals surface area contributed by atoms with Crippen molar-refractivity contribution in [3.63, 3.8) is 0 Å². The molecule has 0 aliphatic carbocycles. The van der Waals surface area contributed by atoms with Crippen molar-refractivity contribution < 1.29 is 13.9 Å². The van der Waals surface area contributed by atoms with Crippen molar-refractivity contribution >= 4 is 16.9 Å². The number of benzene rings is 2. The van der Waals surface area contributed by atoms with Gasteiger partial charge in [0.15, 0.2) is 11.2 Å². The molecule has 0 bridgehead atoms. The first-order chi connectivity index (χ1) is 11.6. The number of carbonyl (C=O) groups excluding carboxylic acids is 1. The monoisotopic (exact) mass is 323 g/mol. The van der Waals surface area contributed by atoms with Gasteiger partial charge < -0.3 is 14.5 Å². The largest absolute Gasteiger partial charge is 0.497 e. The summed E-state index contributed by atoms with van der Waals surface area (Å²) in [5, 5.41) is 3.21. The molecule has 3 aromatic rings. The first-order valence-corrected chi connectivity index (χ1v) is 7.52. The molecule has 5 nitrogen and oxygen atoms in total. The van der Waals surface area contributed by atoms with Gasteiger partial charge in [0.25, 0.3) is 5.91 Å². The van der Waals surface area contributed by atoms with Crippen LogP contribution in [0.3, 0.4) is 0 Å². The van der Waals surface area contributed by atoms with Crippen molar-refractivity contribution in [2.24, 2.45) is 0 Å². The first-order valence-electron chi connectivity index (χ1n) is 7.52. The third-order valence-electron chi connectivity index (χ3n) is 3.72. The fraction of sp³-hybridized carbons (Fsp3) is 0.158. The van der Waals surface area contributed by atoms with E-state index < -0.39 is 5.91 Å². The van der Waals surface area contributed by atoms with E-state index in [0.717, 1.165) is 16.9 Å². The van der Waals surface area contributed by atoms with E-state index in [1.165, 1.54) is 6.07 Å². The lowest BCUT2D eigenvalue weighted by Crippen LogP contribution is -2.24. The molecule has 1 amide bonds. The molecule has 24 heavy (non-hydrogen) atoms. The van der Waals surface area contributed by atoms with Gasteiger partial charge in [0.1, 0.15) is 11.3 Å². The quantitative estimate of drug-likeness (QED) is 0.801. The van der Waals surface area contributed by atoms with E-state index in [1.807, 2.05) is 37.3 Å². The van der Waals surface area contributed by atoms with Crippen LogP contribution in [0.2, 0.25) is 0 Å². The molecule has 5 heteroatoms. The average Bonchev–Trinajstić information content (AvgIpc) is 2.59. The lowest BCUT2D eigenvalue weighted by molar-refractivity contribution is 0.0923. The predicted molar refractivity (Wildman–Crippen MR) is 91.4 cm³/mol. The fourth-order valence-corrected chi connectivity index (χ4v) is 2.39. The zero-order valence-electron chi connectivity index (χ0n) is 13.5. The molecule has 122 valence electrons. The third-order valence-corrected chi connectivity index (χ3v) is 3.72. The van der Waals surface area contributed by atoms with Crippen LogP contribution in [0.5, 0.6) is 5.75 Å². The molecular formula is C19H17NO4. The maximum Gasteiger partial charge on any atom is 0.287 e. The lowest BCUT2D eigenvalue weighted by atomic mass is 10.1. The Morgan fingerprint density at radius 2 is 1.88 bits per heavy atom. The highest BCUT2D eigenvalue weighted by Crippen LogP contribution is 2.15. The maximum absolute atomic E-state index is 12.3. The average molecular weight is 323 g/mol. The molecule has 0 fully saturated rings. The summed E-state index contributed by atoms with van der Waals surface area (Å²) in [7, 11) is 1.60. The SMILES string of the molecule is COc1ccc(CNC(=O)c2cc(=O)c3ccc(C)cc3o2)cc1. The zero-order valence-corrected chi connectivity index (χ0v) is 13.5. The third kappa shape index (κ3) is 3.30. The molecule has 0 saturated heterocycles. The van der Waals surface area contributed by atoms with Crippen molar-refractivity contribution in [1.29, 1.82) is 0 Å². The molecule has 1 aromatic heterocycles. The van der Waals surface area contributed by atoms with Gasteiger partial charge >= 0.3 is 0 Å². The van der Waals surface area contributed by atoms with Crippen molar-refractivity contribution in [1.82, 2.24) is 5.32 Å². The van der Waals surface area contributed by atoms with Gasteiger partial charge in [-0.3, -0.25) is 9.59 Å². The van der Waals surface area contributed by atoms with Crippen molar-refractivity contribution in [3.8, 4) is 5.75 Å². The summed E-state index contributed by atoms with van der Waals surface area (Å²) in [4.78, 5) is 24.4. The van der Waals surface area contributed by atoms with Gasteiger partial charge in [-0.2, -0.15) is 0 Å². The molecule has 0 aliphatic heterocycles. The van der Waals surface area contributed by atoms with Crippen LogP contribution in [0, 0.1) is 6.92 Å². The number of ether oxygens (including phenoxy) is 1. The van der Waals surface area contributed by atoms with E-state index in [4.69, 9.17) is 9.15 Å². The topological polar surface area (TPSA) is 68.5 Å². The summed E-state index contributed by atoms with van der Waals surface area (Å²) in [6.07, 6.45) is 0. The Labute approximate surface area is 138 Å².